The normalized spacial score (nSPS) is 12.9. The molecular weight excluding hydrogens is 491 g/mol. The zero-order chi connectivity index (χ0) is 23.7. The van der Waals surface area contributed by atoms with E-state index in [4.69, 9.17) is 34.8 Å². The van der Waals surface area contributed by atoms with Crippen LogP contribution in [0.3, 0.4) is 0 Å². The molecular formula is C26H17Cl3N4O. The molecule has 0 aliphatic carbocycles. The number of rotatable bonds is 0. The first-order valence-electron chi connectivity index (χ1n) is 10.3. The molecule has 2 aliphatic rings. The van der Waals surface area contributed by atoms with Crippen molar-refractivity contribution in [3.05, 3.63) is 106 Å². The SMILES string of the molecule is ClC1=Nc2cc(Cl)ccc2Nc2ccccc21.O=C1Nc2cc(Cl)ccc2Nc2ccccc21. The number of carbonyl (C=O) groups excluding carboxylic acids is 1. The largest absolute Gasteiger partial charge is 0.353 e. The molecule has 2 heterocycles. The number of benzene rings is 4. The molecule has 0 spiro atoms. The molecule has 168 valence electrons. The maximum atomic E-state index is 12.0. The lowest BCUT2D eigenvalue weighted by Gasteiger charge is -2.08. The lowest BCUT2D eigenvalue weighted by Crippen LogP contribution is -2.10. The summed E-state index contributed by atoms with van der Waals surface area (Å²) in [6, 6.07) is 26.0. The van der Waals surface area contributed by atoms with Crippen molar-refractivity contribution in [1.29, 1.82) is 0 Å². The van der Waals surface area contributed by atoms with Crippen molar-refractivity contribution in [3.8, 4) is 0 Å². The molecule has 0 radical (unpaired) electrons. The smallest absolute Gasteiger partial charge is 0.257 e. The summed E-state index contributed by atoms with van der Waals surface area (Å²) in [5.41, 5.74) is 6.44. The predicted molar refractivity (Wildman–Crippen MR) is 142 cm³/mol. The number of hydrogen-bond acceptors (Lipinski definition) is 4. The van der Waals surface area contributed by atoms with Gasteiger partial charge < -0.3 is 16.0 Å². The number of nitrogens with zero attached hydrogens (tertiary/aromatic N) is 1. The third-order valence-electron chi connectivity index (χ3n) is 5.27. The summed E-state index contributed by atoms with van der Waals surface area (Å²) in [5, 5.41) is 11.1. The second-order valence-corrected chi connectivity index (χ2v) is 8.78. The van der Waals surface area contributed by atoms with Crippen LogP contribution in [0.2, 0.25) is 10.0 Å². The molecule has 34 heavy (non-hydrogen) atoms. The molecule has 0 aromatic heterocycles. The number of amides is 1. The van der Waals surface area contributed by atoms with Gasteiger partial charge in [-0.05, 0) is 60.7 Å². The highest BCUT2D eigenvalue weighted by Crippen LogP contribution is 2.36. The number of halogens is 3. The molecule has 0 saturated carbocycles. The van der Waals surface area contributed by atoms with E-state index in [0.717, 1.165) is 34.0 Å². The van der Waals surface area contributed by atoms with Gasteiger partial charge in [-0.3, -0.25) is 4.79 Å². The Balaban J connectivity index is 0.000000142. The minimum absolute atomic E-state index is 0.130. The van der Waals surface area contributed by atoms with E-state index < -0.39 is 0 Å². The quantitative estimate of drug-likeness (QED) is 0.224. The number of hydrogen-bond donors (Lipinski definition) is 3. The van der Waals surface area contributed by atoms with Crippen LogP contribution in [0.1, 0.15) is 15.9 Å². The van der Waals surface area contributed by atoms with E-state index in [2.05, 4.69) is 20.9 Å². The van der Waals surface area contributed by atoms with Crippen LogP contribution in [0.25, 0.3) is 0 Å². The van der Waals surface area contributed by atoms with Crippen molar-refractivity contribution in [2.75, 3.05) is 16.0 Å². The molecule has 4 aromatic carbocycles. The number of anilines is 5. The fraction of sp³-hybridized carbons (Fsp3) is 0. The average molecular weight is 508 g/mol. The first-order valence-corrected chi connectivity index (χ1v) is 11.5. The maximum Gasteiger partial charge on any atom is 0.257 e. The van der Waals surface area contributed by atoms with Gasteiger partial charge in [0.1, 0.15) is 5.17 Å². The minimum atomic E-state index is -0.130. The Kier molecular flexibility index (Phi) is 6.16. The standard InChI is InChI=1S/C13H8Cl2N2.C13H9ClN2O/c14-8-5-6-11-12(7-8)17-13(15)9-3-1-2-4-10(9)16-11;14-8-5-6-11-12(7-8)16-13(17)9-3-1-2-4-10(9)15-11/h1-7,16H;1-7,15H,(H,16,17). The van der Waals surface area contributed by atoms with Crippen molar-refractivity contribution in [2.45, 2.75) is 0 Å². The van der Waals surface area contributed by atoms with Gasteiger partial charge in [0.2, 0.25) is 0 Å². The summed E-state index contributed by atoms with van der Waals surface area (Å²) >= 11 is 18.1. The number of para-hydroxylation sites is 2. The molecule has 6 rings (SSSR count). The monoisotopic (exact) mass is 506 g/mol. The van der Waals surface area contributed by atoms with Crippen molar-refractivity contribution >= 4 is 80.0 Å². The van der Waals surface area contributed by atoms with E-state index in [1.54, 1.807) is 24.3 Å². The van der Waals surface area contributed by atoms with Gasteiger partial charge in [-0.1, -0.05) is 59.1 Å². The van der Waals surface area contributed by atoms with Gasteiger partial charge in [0.25, 0.3) is 5.91 Å². The molecule has 8 heteroatoms. The van der Waals surface area contributed by atoms with Crippen molar-refractivity contribution in [1.82, 2.24) is 0 Å². The van der Waals surface area contributed by atoms with Gasteiger partial charge in [0.15, 0.2) is 0 Å². The second kappa shape index (κ2) is 9.39. The van der Waals surface area contributed by atoms with Crippen molar-refractivity contribution < 1.29 is 4.79 Å². The van der Waals surface area contributed by atoms with Crippen LogP contribution in [-0.4, -0.2) is 11.1 Å². The van der Waals surface area contributed by atoms with Gasteiger partial charge in [-0.15, -0.1) is 0 Å². The molecule has 2 aliphatic heterocycles. The summed E-state index contributed by atoms with van der Waals surface area (Å²) in [6.07, 6.45) is 0. The molecule has 3 N–H and O–H groups in total. The summed E-state index contributed by atoms with van der Waals surface area (Å²) < 4.78 is 0. The fourth-order valence-electron chi connectivity index (χ4n) is 3.64. The number of fused-ring (bicyclic) bond motifs is 4. The highest BCUT2D eigenvalue weighted by Gasteiger charge is 2.18. The van der Waals surface area contributed by atoms with E-state index in [1.165, 1.54) is 0 Å². The Morgan fingerprint density at radius 3 is 1.91 bits per heavy atom. The van der Waals surface area contributed by atoms with E-state index in [9.17, 15) is 4.79 Å². The van der Waals surface area contributed by atoms with E-state index in [-0.39, 0.29) is 5.91 Å². The fourth-order valence-corrected chi connectivity index (χ4v) is 4.23. The van der Waals surface area contributed by atoms with E-state index in [0.29, 0.717) is 26.5 Å². The molecule has 0 unspecified atom stereocenters. The first-order chi connectivity index (χ1) is 16.5. The van der Waals surface area contributed by atoms with Crippen molar-refractivity contribution in [2.24, 2.45) is 4.99 Å². The van der Waals surface area contributed by atoms with Crippen LogP contribution in [0.4, 0.5) is 34.1 Å². The molecule has 0 atom stereocenters. The van der Waals surface area contributed by atoms with E-state index >= 15 is 0 Å². The van der Waals surface area contributed by atoms with Crippen LogP contribution >= 0.6 is 34.8 Å². The van der Waals surface area contributed by atoms with Gasteiger partial charge in [-0.25, -0.2) is 4.99 Å². The van der Waals surface area contributed by atoms with Gasteiger partial charge in [0.05, 0.1) is 34.0 Å². The molecule has 4 aromatic rings. The van der Waals surface area contributed by atoms with Gasteiger partial charge >= 0.3 is 0 Å². The second-order valence-electron chi connectivity index (χ2n) is 7.55. The molecule has 0 bridgehead atoms. The van der Waals surface area contributed by atoms with Crippen LogP contribution in [-0.2, 0) is 0 Å². The van der Waals surface area contributed by atoms with Crippen LogP contribution in [0, 0.1) is 0 Å². The Bertz CT molecular complexity index is 1450. The topological polar surface area (TPSA) is 65.5 Å². The Hall–Kier alpha value is -3.51. The highest BCUT2D eigenvalue weighted by molar-refractivity contribution is 6.70. The Morgan fingerprint density at radius 1 is 0.559 bits per heavy atom. The van der Waals surface area contributed by atoms with Crippen LogP contribution in [0.15, 0.2) is 89.9 Å². The average Bonchev–Trinajstić information content (AvgIpc) is 3.06. The summed E-state index contributed by atoms with van der Waals surface area (Å²) in [7, 11) is 0. The maximum absolute atomic E-state index is 12.0. The van der Waals surface area contributed by atoms with Gasteiger partial charge in [0, 0.05) is 21.3 Å². The number of nitrogens with one attached hydrogen (secondary N) is 3. The van der Waals surface area contributed by atoms with E-state index in [1.807, 2.05) is 60.7 Å². The number of aliphatic imine (C=N–C) groups is 1. The predicted octanol–water partition coefficient (Wildman–Crippen LogP) is 8.36. The first kappa shape index (κ1) is 22.3. The Morgan fingerprint density at radius 2 is 1.15 bits per heavy atom. The van der Waals surface area contributed by atoms with Crippen molar-refractivity contribution in [3.63, 3.8) is 0 Å². The summed E-state index contributed by atoms with van der Waals surface area (Å²) in [4.78, 5) is 16.4. The summed E-state index contributed by atoms with van der Waals surface area (Å²) in [6.45, 7) is 0. The third kappa shape index (κ3) is 4.59. The molecule has 0 fully saturated rings. The van der Waals surface area contributed by atoms with Crippen LogP contribution in [0.5, 0.6) is 0 Å². The lowest BCUT2D eigenvalue weighted by molar-refractivity contribution is 0.102. The lowest BCUT2D eigenvalue weighted by atomic mass is 10.1. The minimum Gasteiger partial charge on any atom is -0.353 e. The highest BCUT2D eigenvalue weighted by atomic mass is 35.5. The third-order valence-corrected chi connectivity index (χ3v) is 6.03. The zero-order valence-electron chi connectivity index (χ0n) is 17.6. The molecule has 1 amide bonds. The van der Waals surface area contributed by atoms with Crippen LogP contribution < -0.4 is 16.0 Å². The summed E-state index contributed by atoms with van der Waals surface area (Å²) in [5.74, 6) is -0.130. The van der Waals surface area contributed by atoms with Gasteiger partial charge in [-0.2, -0.15) is 0 Å². The Labute approximate surface area is 211 Å². The molecule has 0 saturated heterocycles. The zero-order valence-corrected chi connectivity index (χ0v) is 19.8. The number of carbonyl (C=O) groups is 1. The molecule has 5 nitrogen and oxygen atoms in total.